The van der Waals surface area contributed by atoms with E-state index in [2.05, 4.69) is 108 Å². The molecule has 2 N–H and O–H groups in total. The molecule has 34 heavy (non-hydrogen) atoms. The van der Waals surface area contributed by atoms with Gasteiger partial charge in [-0.25, -0.2) is 0 Å². The Balaban J connectivity index is 0.000000623. The van der Waals surface area contributed by atoms with Crippen LogP contribution in [0.5, 0.6) is 11.5 Å². The minimum atomic E-state index is -0.0178. The molecular weight excluding hydrogens is 440 g/mol. The highest BCUT2D eigenvalue weighted by Crippen LogP contribution is 2.40. The van der Waals surface area contributed by atoms with Gasteiger partial charge >= 0.3 is 0 Å². The normalized spacial score (nSPS) is 12.5. The molecule has 2 aromatic carbocycles. The largest absolute Gasteiger partial charge is 0.508 e. The minimum absolute atomic E-state index is 0. The fraction of sp³-hybridized carbons (Fsp3) is 0.613. The van der Waals surface area contributed by atoms with Crippen molar-refractivity contribution in [1.82, 2.24) is 0 Å². The van der Waals surface area contributed by atoms with Gasteiger partial charge in [0.2, 0.25) is 0 Å². The van der Waals surface area contributed by atoms with Crippen LogP contribution in [0.4, 0.5) is 0 Å². The summed E-state index contributed by atoms with van der Waals surface area (Å²) in [7, 11) is 0. The number of rotatable bonds is 4. The molecule has 0 unspecified atom stereocenters. The van der Waals surface area contributed by atoms with Gasteiger partial charge in [-0.1, -0.05) is 113 Å². The van der Waals surface area contributed by atoms with Gasteiger partial charge in [0.15, 0.2) is 0 Å². The minimum Gasteiger partial charge on any atom is -0.508 e. The Bertz CT molecular complexity index is 906. The first-order chi connectivity index (χ1) is 14.8. The van der Waals surface area contributed by atoms with E-state index in [-0.39, 0.29) is 34.1 Å². The average molecular weight is 491 g/mol. The Morgan fingerprint density at radius 1 is 0.618 bits per heavy atom. The molecule has 0 radical (unpaired) electrons. The van der Waals surface area contributed by atoms with Crippen LogP contribution < -0.4 is 0 Å². The summed E-state index contributed by atoms with van der Waals surface area (Å²) in [6.07, 6.45) is 2.13. The summed E-state index contributed by atoms with van der Waals surface area (Å²) in [6, 6.07) is 10.3. The standard InChI is InChI=1S/C16H26O.C15H24O.ClH/c1-7-15(3,4)12-9-10-14(17)13(11-12)16(5,6)8-2;1-10-8-11(14(2,3)4)13(16)12(9-10)15(5,6)7;/h9-11,17H,7-8H2,1-6H3;8-9,16H,1-7H3;1H. The third-order valence-corrected chi connectivity index (χ3v) is 7.15. The van der Waals surface area contributed by atoms with Crippen LogP contribution >= 0.6 is 12.4 Å². The highest BCUT2D eigenvalue weighted by Gasteiger charge is 2.26. The first-order valence-electron chi connectivity index (χ1n) is 12.5. The zero-order valence-corrected chi connectivity index (χ0v) is 24.9. The van der Waals surface area contributed by atoms with Crippen molar-refractivity contribution in [3.63, 3.8) is 0 Å². The molecule has 0 fully saturated rings. The summed E-state index contributed by atoms with van der Waals surface area (Å²) in [5.74, 6) is 0.887. The molecule has 2 rings (SSSR count). The van der Waals surface area contributed by atoms with E-state index in [1.807, 2.05) is 12.1 Å². The summed E-state index contributed by atoms with van der Waals surface area (Å²) in [6.45, 7) is 28.1. The fourth-order valence-electron chi connectivity index (χ4n) is 3.82. The lowest BCUT2D eigenvalue weighted by molar-refractivity contribution is 0.422. The first-order valence-corrected chi connectivity index (χ1v) is 12.5. The molecule has 0 amide bonds. The smallest absolute Gasteiger partial charge is 0.123 e. The van der Waals surface area contributed by atoms with Gasteiger partial charge in [0.05, 0.1) is 0 Å². The van der Waals surface area contributed by atoms with Crippen molar-refractivity contribution in [2.45, 2.75) is 125 Å². The lowest BCUT2D eigenvalue weighted by Crippen LogP contribution is -2.20. The summed E-state index contributed by atoms with van der Waals surface area (Å²) in [4.78, 5) is 0. The number of hydrogen-bond acceptors (Lipinski definition) is 2. The van der Waals surface area contributed by atoms with E-state index < -0.39 is 0 Å². The monoisotopic (exact) mass is 490 g/mol. The molecule has 0 atom stereocenters. The van der Waals surface area contributed by atoms with Gasteiger partial charge in [0, 0.05) is 0 Å². The van der Waals surface area contributed by atoms with Crippen molar-refractivity contribution in [3.8, 4) is 11.5 Å². The van der Waals surface area contributed by atoms with Gasteiger partial charge < -0.3 is 10.2 Å². The lowest BCUT2D eigenvalue weighted by atomic mass is 9.76. The molecule has 0 saturated carbocycles. The summed E-state index contributed by atoms with van der Waals surface area (Å²) < 4.78 is 0. The van der Waals surface area contributed by atoms with E-state index in [0.717, 1.165) is 29.5 Å². The molecule has 0 heterocycles. The quantitative estimate of drug-likeness (QED) is 0.447. The average Bonchev–Trinajstić information content (AvgIpc) is 2.68. The van der Waals surface area contributed by atoms with Gasteiger partial charge in [-0.2, -0.15) is 0 Å². The Kier molecular flexibility index (Phi) is 10.8. The Hall–Kier alpha value is -1.67. The van der Waals surface area contributed by atoms with Gasteiger partial charge in [-0.3, -0.25) is 0 Å². The van der Waals surface area contributed by atoms with Crippen molar-refractivity contribution in [3.05, 3.63) is 58.1 Å². The third kappa shape index (κ3) is 7.94. The Labute approximate surface area is 216 Å². The van der Waals surface area contributed by atoms with Crippen LogP contribution in [0, 0.1) is 6.92 Å². The second-order valence-corrected chi connectivity index (χ2v) is 12.9. The number of benzene rings is 2. The van der Waals surface area contributed by atoms with Crippen molar-refractivity contribution in [2.24, 2.45) is 0 Å². The molecular formula is C31H51ClO2. The van der Waals surface area contributed by atoms with E-state index in [1.54, 1.807) is 0 Å². The molecule has 0 aromatic heterocycles. The van der Waals surface area contributed by atoms with E-state index in [4.69, 9.17) is 0 Å². The SMILES string of the molecule is CCC(C)(C)c1ccc(O)c(C(C)(C)CC)c1.Cc1cc(C(C)(C)C)c(O)c(C(C)(C)C)c1.Cl. The molecule has 0 aliphatic rings. The lowest BCUT2D eigenvalue weighted by Gasteiger charge is -2.29. The molecule has 0 saturated heterocycles. The number of aromatic hydroxyl groups is 2. The second-order valence-electron chi connectivity index (χ2n) is 12.9. The van der Waals surface area contributed by atoms with Gasteiger partial charge in [0.1, 0.15) is 11.5 Å². The van der Waals surface area contributed by atoms with Gasteiger partial charge in [-0.15, -0.1) is 12.4 Å². The van der Waals surface area contributed by atoms with Crippen molar-refractivity contribution < 1.29 is 10.2 Å². The second kappa shape index (κ2) is 11.4. The maximum atomic E-state index is 10.4. The summed E-state index contributed by atoms with van der Waals surface area (Å²) in [5.41, 5.74) is 5.85. The van der Waals surface area contributed by atoms with E-state index >= 15 is 0 Å². The summed E-state index contributed by atoms with van der Waals surface area (Å²) in [5, 5.41) is 20.4. The number of phenols is 2. The molecule has 3 heteroatoms. The maximum Gasteiger partial charge on any atom is 0.123 e. The number of phenolic OH excluding ortho intramolecular Hbond substituents is 2. The zero-order valence-electron chi connectivity index (χ0n) is 24.1. The third-order valence-electron chi connectivity index (χ3n) is 7.15. The van der Waals surface area contributed by atoms with Crippen molar-refractivity contribution in [1.29, 1.82) is 0 Å². The van der Waals surface area contributed by atoms with E-state index in [0.29, 0.717) is 11.5 Å². The number of aryl methyl sites for hydroxylation is 1. The van der Waals surface area contributed by atoms with Crippen LogP contribution in [-0.2, 0) is 21.7 Å². The molecule has 0 aliphatic carbocycles. The fourth-order valence-corrected chi connectivity index (χ4v) is 3.82. The predicted octanol–water partition coefficient (Wildman–Crippen LogP) is 9.48. The summed E-state index contributed by atoms with van der Waals surface area (Å²) >= 11 is 0. The molecule has 0 spiro atoms. The van der Waals surface area contributed by atoms with E-state index in [9.17, 15) is 10.2 Å². The highest BCUT2D eigenvalue weighted by atomic mass is 35.5. The topological polar surface area (TPSA) is 40.5 Å². The number of halogens is 1. The van der Waals surface area contributed by atoms with Gasteiger partial charge in [0.25, 0.3) is 0 Å². The van der Waals surface area contributed by atoms with Crippen LogP contribution in [0.3, 0.4) is 0 Å². The van der Waals surface area contributed by atoms with Crippen LogP contribution in [0.25, 0.3) is 0 Å². The van der Waals surface area contributed by atoms with Crippen LogP contribution in [0.1, 0.15) is 124 Å². The van der Waals surface area contributed by atoms with Crippen molar-refractivity contribution >= 4 is 12.4 Å². The first kappa shape index (κ1) is 32.3. The Morgan fingerprint density at radius 3 is 1.38 bits per heavy atom. The molecule has 0 aliphatic heterocycles. The molecule has 0 bridgehead atoms. The maximum absolute atomic E-state index is 10.4. The van der Waals surface area contributed by atoms with E-state index in [1.165, 1.54) is 11.1 Å². The highest BCUT2D eigenvalue weighted by molar-refractivity contribution is 5.85. The molecule has 2 nitrogen and oxygen atoms in total. The number of hydrogen-bond donors (Lipinski definition) is 2. The van der Waals surface area contributed by atoms with Crippen LogP contribution in [0.2, 0.25) is 0 Å². The van der Waals surface area contributed by atoms with Gasteiger partial charge in [-0.05, 0) is 69.7 Å². The predicted molar refractivity (Wildman–Crippen MR) is 152 cm³/mol. The molecule has 194 valence electrons. The molecule has 2 aromatic rings. The Morgan fingerprint density at radius 2 is 1.03 bits per heavy atom. The van der Waals surface area contributed by atoms with Crippen molar-refractivity contribution in [2.75, 3.05) is 0 Å². The van der Waals surface area contributed by atoms with Crippen LogP contribution in [0.15, 0.2) is 30.3 Å². The zero-order chi connectivity index (χ0) is 26.0. The van der Waals surface area contributed by atoms with Crippen LogP contribution in [-0.4, -0.2) is 10.2 Å².